The number of para-hydroxylation sites is 1. The van der Waals surface area contributed by atoms with Crippen LogP contribution >= 0.6 is 23.2 Å². The number of benzene rings is 2. The van der Waals surface area contributed by atoms with E-state index in [0.29, 0.717) is 44.8 Å². The predicted molar refractivity (Wildman–Crippen MR) is 144 cm³/mol. The van der Waals surface area contributed by atoms with Crippen molar-refractivity contribution in [1.82, 2.24) is 0 Å². The fourth-order valence-corrected chi connectivity index (χ4v) is 3.85. The van der Waals surface area contributed by atoms with Crippen LogP contribution in [0.15, 0.2) is 65.8 Å². The van der Waals surface area contributed by atoms with Gasteiger partial charge in [0.15, 0.2) is 0 Å². The number of hydrogen-bond acceptors (Lipinski definition) is 5. The molecule has 3 rings (SSSR count). The highest BCUT2D eigenvalue weighted by Gasteiger charge is 2.16. The van der Waals surface area contributed by atoms with Crippen molar-refractivity contribution < 1.29 is 14.3 Å². The van der Waals surface area contributed by atoms with Gasteiger partial charge in [-0.3, -0.25) is 4.79 Å². The van der Waals surface area contributed by atoms with Crippen molar-refractivity contribution in [2.75, 3.05) is 24.9 Å². The first kappa shape index (κ1) is 26.0. The minimum atomic E-state index is -0.287. The summed E-state index contributed by atoms with van der Waals surface area (Å²) in [4.78, 5) is 16.4. The molecule has 0 unspecified atom stereocenters. The molecule has 1 aliphatic rings. The number of anilines is 2. The average Bonchev–Trinajstić information content (AvgIpc) is 2.83. The molecule has 2 aromatic carbocycles. The second kappa shape index (κ2) is 12.2. The number of carbonyl (C=O) groups is 1. The van der Waals surface area contributed by atoms with E-state index in [9.17, 15) is 4.79 Å². The Balaban J connectivity index is 1.93. The van der Waals surface area contributed by atoms with E-state index < -0.39 is 0 Å². The largest absolute Gasteiger partial charge is 0.495 e. The van der Waals surface area contributed by atoms with Crippen molar-refractivity contribution in [2.24, 2.45) is 4.99 Å². The third-order valence-corrected chi connectivity index (χ3v) is 5.85. The zero-order chi connectivity index (χ0) is 25.4. The highest BCUT2D eigenvalue weighted by Crippen LogP contribution is 2.39. The molecular weight excluding hydrogens is 485 g/mol. The van der Waals surface area contributed by atoms with Crippen LogP contribution in [0.25, 0.3) is 0 Å². The number of nitrogens with zero attached hydrogens (tertiary/aromatic N) is 1. The van der Waals surface area contributed by atoms with E-state index in [0.717, 1.165) is 23.5 Å². The average molecular weight is 510 g/mol. The molecule has 6 nitrogen and oxygen atoms in total. The van der Waals surface area contributed by atoms with Gasteiger partial charge in [0.05, 0.1) is 41.2 Å². The number of halogens is 2. The van der Waals surface area contributed by atoms with Gasteiger partial charge < -0.3 is 20.1 Å². The molecule has 0 saturated carbocycles. The number of aliphatic imine (C=N–C) groups is 1. The summed E-state index contributed by atoms with van der Waals surface area (Å²) in [6.45, 7) is 5.47. The van der Waals surface area contributed by atoms with Gasteiger partial charge in [-0.05, 0) is 37.1 Å². The first-order valence-electron chi connectivity index (χ1n) is 10.7. The van der Waals surface area contributed by atoms with Crippen LogP contribution in [-0.4, -0.2) is 26.0 Å². The molecular formula is C27H25Cl2N3O3. The van der Waals surface area contributed by atoms with Crippen molar-refractivity contribution in [3.8, 4) is 23.3 Å². The fraction of sp³-hybridized carbons (Fsp3) is 0.185. The minimum Gasteiger partial charge on any atom is -0.495 e. The third-order valence-electron chi connectivity index (χ3n) is 5.10. The number of hydrogen-bond donors (Lipinski definition) is 2. The van der Waals surface area contributed by atoms with Crippen LogP contribution in [0.4, 0.5) is 11.4 Å². The van der Waals surface area contributed by atoms with E-state index in [-0.39, 0.29) is 5.91 Å². The summed E-state index contributed by atoms with van der Waals surface area (Å²) in [6.07, 6.45) is 8.25. The van der Waals surface area contributed by atoms with Gasteiger partial charge in [-0.25, -0.2) is 4.99 Å². The molecule has 0 aliphatic carbocycles. The van der Waals surface area contributed by atoms with Crippen molar-refractivity contribution in [2.45, 2.75) is 19.8 Å². The van der Waals surface area contributed by atoms with Gasteiger partial charge in [0.25, 0.3) is 0 Å². The molecule has 1 heterocycles. The first-order chi connectivity index (χ1) is 16.9. The van der Waals surface area contributed by atoms with E-state index in [1.807, 2.05) is 37.3 Å². The number of rotatable bonds is 5. The molecule has 2 aromatic rings. The Morgan fingerprint density at radius 2 is 1.89 bits per heavy atom. The van der Waals surface area contributed by atoms with E-state index in [4.69, 9.17) is 32.7 Å². The van der Waals surface area contributed by atoms with Crippen LogP contribution in [0, 0.1) is 18.8 Å². The number of amides is 1. The van der Waals surface area contributed by atoms with Gasteiger partial charge in [0, 0.05) is 24.3 Å². The maximum absolute atomic E-state index is 11.8. The van der Waals surface area contributed by atoms with Crippen LogP contribution in [0.1, 0.15) is 24.0 Å². The van der Waals surface area contributed by atoms with E-state index in [1.54, 1.807) is 12.3 Å². The lowest BCUT2D eigenvalue weighted by molar-refractivity contribution is -0.111. The number of nitrogens with one attached hydrogen (secondary N) is 2. The number of ether oxygens (including phenoxy) is 2. The Hall–Kier alpha value is -3.66. The monoisotopic (exact) mass is 509 g/mol. The topological polar surface area (TPSA) is 72.0 Å². The lowest BCUT2D eigenvalue weighted by atomic mass is 10.1. The second-order valence-electron chi connectivity index (χ2n) is 7.45. The molecule has 1 aliphatic heterocycles. The Bertz CT molecular complexity index is 1270. The molecule has 1 amide bonds. The first-order valence-corrected chi connectivity index (χ1v) is 11.5. The molecule has 0 saturated heterocycles. The number of methoxy groups -OCH3 is 2. The smallest absolute Gasteiger partial charge is 0.247 e. The summed E-state index contributed by atoms with van der Waals surface area (Å²) in [5, 5.41) is 6.79. The maximum atomic E-state index is 11.8. The van der Waals surface area contributed by atoms with Gasteiger partial charge in [-0.2, -0.15) is 0 Å². The molecule has 8 heteroatoms. The number of aryl methyl sites for hydroxylation is 1. The number of allylic oxidation sites excluding steroid dienone is 3. The summed E-state index contributed by atoms with van der Waals surface area (Å²) in [6, 6.07) is 7.27. The molecule has 0 atom stereocenters. The Kier molecular flexibility index (Phi) is 9.02. The standard InChI is InChI=1S/C27H25Cl2N3O3/c1-5-24(33)31-20-11-8-9-17(2)27(20)32-23-12-7-6-10-18(16-30-23)13-14-19-25(28)21(34-3)15-22(35-4)26(19)29/h5-6,8-11,15-16H,1,7,12H2,2-4H3,(H,30,32)(H,31,33)/b10-6+,18-16+. The molecule has 0 spiro atoms. The van der Waals surface area contributed by atoms with Crippen LogP contribution in [0.5, 0.6) is 11.5 Å². The predicted octanol–water partition coefficient (Wildman–Crippen LogP) is 6.54. The molecule has 0 aromatic heterocycles. The van der Waals surface area contributed by atoms with Crippen molar-refractivity contribution >= 4 is 46.3 Å². The summed E-state index contributed by atoms with van der Waals surface area (Å²) in [7, 11) is 3.02. The second-order valence-corrected chi connectivity index (χ2v) is 8.21. The van der Waals surface area contributed by atoms with E-state index >= 15 is 0 Å². The zero-order valence-electron chi connectivity index (χ0n) is 19.7. The van der Waals surface area contributed by atoms with Gasteiger partial charge >= 0.3 is 0 Å². The Morgan fingerprint density at radius 3 is 2.54 bits per heavy atom. The van der Waals surface area contributed by atoms with Crippen LogP contribution < -0.4 is 20.1 Å². The lowest BCUT2D eigenvalue weighted by Gasteiger charge is -2.16. The summed E-state index contributed by atoms with van der Waals surface area (Å²) < 4.78 is 10.6. The SMILES string of the molecule is C=CC(=O)Nc1cccc(C)c1NC1=N/C=C(C#Cc2c(Cl)c(OC)cc(OC)c2Cl)\C=C\CC1. The van der Waals surface area contributed by atoms with Crippen molar-refractivity contribution in [1.29, 1.82) is 0 Å². The maximum Gasteiger partial charge on any atom is 0.247 e. The van der Waals surface area contributed by atoms with Crippen molar-refractivity contribution in [3.05, 3.63) is 82.0 Å². The quantitative estimate of drug-likeness (QED) is 0.354. The third kappa shape index (κ3) is 6.48. The van der Waals surface area contributed by atoms with Crippen LogP contribution in [-0.2, 0) is 4.79 Å². The lowest BCUT2D eigenvalue weighted by Crippen LogP contribution is -2.16. The van der Waals surface area contributed by atoms with Gasteiger partial charge in [0.2, 0.25) is 5.91 Å². The van der Waals surface area contributed by atoms with Gasteiger partial charge in [-0.15, -0.1) is 0 Å². The van der Waals surface area contributed by atoms with Crippen molar-refractivity contribution in [3.63, 3.8) is 0 Å². The number of amidine groups is 1. The molecule has 35 heavy (non-hydrogen) atoms. The highest BCUT2D eigenvalue weighted by atomic mass is 35.5. The van der Waals surface area contributed by atoms with E-state index in [2.05, 4.69) is 34.0 Å². The summed E-state index contributed by atoms with van der Waals surface area (Å²) in [5.74, 6) is 7.37. The molecule has 0 radical (unpaired) electrons. The van der Waals surface area contributed by atoms with Gasteiger partial charge in [-0.1, -0.05) is 59.8 Å². The Labute approximate surface area is 215 Å². The highest BCUT2D eigenvalue weighted by molar-refractivity contribution is 6.38. The zero-order valence-corrected chi connectivity index (χ0v) is 21.2. The van der Waals surface area contributed by atoms with E-state index in [1.165, 1.54) is 20.3 Å². The summed E-state index contributed by atoms with van der Waals surface area (Å²) in [5.41, 5.74) is 3.46. The Morgan fingerprint density at radius 1 is 1.17 bits per heavy atom. The van der Waals surface area contributed by atoms with Crippen LogP contribution in [0.2, 0.25) is 10.0 Å². The van der Waals surface area contributed by atoms with Gasteiger partial charge in [0.1, 0.15) is 17.3 Å². The summed E-state index contributed by atoms with van der Waals surface area (Å²) >= 11 is 12.9. The molecule has 0 bridgehead atoms. The van der Waals surface area contributed by atoms with Crippen LogP contribution in [0.3, 0.4) is 0 Å². The molecule has 0 fully saturated rings. The normalized spacial score (nSPS) is 15.1. The fourth-order valence-electron chi connectivity index (χ4n) is 3.25. The molecule has 2 N–H and O–H groups in total. The number of carbonyl (C=O) groups excluding carboxylic acids is 1. The minimum absolute atomic E-state index is 0.287. The molecule has 180 valence electrons.